The number of halogens is 3. The Morgan fingerprint density at radius 3 is 2.53 bits per heavy atom. The number of nitrogens with one attached hydrogen (secondary N) is 1. The zero-order valence-corrected chi connectivity index (χ0v) is 19.8. The van der Waals surface area contributed by atoms with Gasteiger partial charge in [0, 0.05) is 23.5 Å². The van der Waals surface area contributed by atoms with Crippen LogP contribution in [-0.2, 0) is 10.0 Å². The van der Waals surface area contributed by atoms with Gasteiger partial charge in [-0.2, -0.15) is 5.10 Å². The van der Waals surface area contributed by atoms with E-state index >= 15 is 4.39 Å². The third-order valence-corrected chi connectivity index (χ3v) is 7.58. The summed E-state index contributed by atoms with van der Waals surface area (Å²) in [4.78, 5) is 3.08. The average molecular weight is 514 g/mol. The van der Waals surface area contributed by atoms with Gasteiger partial charge in [-0.05, 0) is 60.9 Å². The highest BCUT2D eigenvalue weighted by Crippen LogP contribution is 2.38. The number of anilines is 2. The van der Waals surface area contributed by atoms with E-state index in [1.807, 2.05) is 15.6 Å². The van der Waals surface area contributed by atoms with Crippen LogP contribution < -0.4 is 10.5 Å². The van der Waals surface area contributed by atoms with Crippen molar-refractivity contribution in [3.05, 3.63) is 78.4 Å². The summed E-state index contributed by atoms with van der Waals surface area (Å²) in [5.74, 6) is -2.72. The molecule has 0 radical (unpaired) electrons. The Balaban J connectivity index is 1.60. The molecule has 0 aliphatic heterocycles. The van der Waals surface area contributed by atoms with Crippen molar-refractivity contribution in [2.75, 3.05) is 10.5 Å². The van der Waals surface area contributed by atoms with E-state index in [1.54, 1.807) is 12.1 Å². The summed E-state index contributed by atoms with van der Waals surface area (Å²) in [6, 6.07) is 9.70. The summed E-state index contributed by atoms with van der Waals surface area (Å²) in [6.45, 7) is 0. The number of aromatic nitrogens is 3. The average Bonchev–Trinajstić information content (AvgIpc) is 3.52. The SMILES string of the molecule is Nc1cc(-c2cn(C3CCCC3)nc2-c2cccc(NS(=O)(=O)c3cc(F)ccc3F)c2F)ccn1. The van der Waals surface area contributed by atoms with Crippen molar-refractivity contribution in [3.63, 3.8) is 0 Å². The molecule has 2 aromatic carbocycles. The van der Waals surface area contributed by atoms with E-state index in [0.717, 1.165) is 31.7 Å². The maximum atomic E-state index is 15.8. The Hall–Kier alpha value is -3.86. The quantitative estimate of drug-likeness (QED) is 0.353. The van der Waals surface area contributed by atoms with E-state index in [9.17, 15) is 17.2 Å². The standard InChI is InChI=1S/C25H22F3N5O2S/c26-16-8-9-20(27)22(13-16)36(34,35)32-21-7-3-6-18(24(21)28)25-19(15-10-11-30-23(29)12-15)14-33(31-25)17-4-1-2-5-17/h3,6-14,17,32H,1-2,4-5H2,(H2,29,30). The summed E-state index contributed by atoms with van der Waals surface area (Å²) in [5, 5.41) is 4.68. The second-order valence-electron chi connectivity index (χ2n) is 8.63. The third-order valence-electron chi connectivity index (χ3n) is 6.20. The van der Waals surface area contributed by atoms with Gasteiger partial charge in [0.1, 0.15) is 28.0 Å². The predicted molar refractivity (Wildman–Crippen MR) is 130 cm³/mol. The van der Waals surface area contributed by atoms with Crippen molar-refractivity contribution in [2.45, 2.75) is 36.6 Å². The number of hydrogen-bond acceptors (Lipinski definition) is 5. The molecule has 186 valence electrons. The molecular weight excluding hydrogens is 491 g/mol. The van der Waals surface area contributed by atoms with Gasteiger partial charge in [0.2, 0.25) is 0 Å². The minimum absolute atomic E-state index is 0.0389. The summed E-state index contributed by atoms with van der Waals surface area (Å²) >= 11 is 0. The highest BCUT2D eigenvalue weighted by atomic mass is 32.2. The zero-order valence-electron chi connectivity index (χ0n) is 19.0. The third kappa shape index (κ3) is 4.53. The molecule has 1 saturated carbocycles. The number of nitrogens with zero attached hydrogens (tertiary/aromatic N) is 3. The monoisotopic (exact) mass is 513 g/mol. The Kier molecular flexibility index (Phi) is 6.17. The number of pyridine rings is 1. The lowest BCUT2D eigenvalue weighted by atomic mass is 10.0. The topological polar surface area (TPSA) is 103 Å². The first-order valence-corrected chi connectivity index (χ1v) is 12.8. The van der Waals surface area contributed by atoms with Crippen molar-refractivity contribution in [2.24, 2.45) is 0 Å². The molecule has 0 saturated heterocycles. The first-order chi connectivity index (χ1) is 17.2. The van der Waals surface area contributed by atoms with Crippen LogP contribution in [0.4, 0.5) is 24.7 Å². The van der Waals surface area contributed by atoms with Crippen LogP contribution in [0.2, 0.25) is 0 Å². The van der Waals surface area contributed by atoms with E-state index in [0.29, 0.717) is 29.0 Å². The normalized spacial score (nSPS) is 14.3. The van der Waals surface area contributed by atoms with Gasteiger partial charge in [0.25, 0.3) is 10.0 Å². The maximum Gasteiger partial charge on any atom is 0.265 e. The van der Waals surface area contributed by atoms with Gasteiger partial charge in [0.05, 0.1) is 11.7 Å². The molecule has 11 heteroatoms. The minimum atomic E-state index is -4.62. The predicted octanol–water partition coefficient (Wildman–Crippen LogP) is 5.53. The van der Waals surface area contributed by atoms with Crippen molar-refractivity contribution >= 4 is 21.5 Å². The molecule has 1 aliphatic rings. The number of hydrogen-bond donors (Lipinski definition) is 2. The molecule has 2 heterocycles. The molecule has 4 aromatic rings. The lowest BCUT2D eigenvalue weighted by Crippen LogP contribution is -2.16. The van der Waals surface area contributed by atoms with E-state index in [1.165, 1.54) is 24.4 Å². The fraction of sp³-hybridized carbons (Fsp3) is 0.200. The van der Waals surface area contributed by atoms with E-state index in [2.05, 4.69) is 10.1 Å². The second kappa shape index (κ2) is 9.30. The molecular formula is C25H22F3N5O2S. The number of nitrogen functional groups attached to an aromatic ring is 1. The lowest BCUT2D eigenvalue weighted by Gasteiger charge is -2.12. The fourth-order valence-corrected chi connectivity index (χ4v) is 5.60. The molecule has 3 N–H and O–H groups in total. The van der Waals surface area contributed by atoms with Gasteiger partial charge in [-0.25, -0.2) is 26.6 Å². The smallest absolute Gasteiger partial charge is 0.265 e. The molecule has 0 amide bonds. The summed E-state index contributed by atoms with van der Waals surface area (Å²) < 4.78 is 72.8. The Labute approximate surface area is 205 Å². The zero-order chi connectivity index (χ0) is 25.4. The molecule has 2 aromatic heterocycles. The highest BCUT2D eigenvalue weighted by molar-refractivity contribution is 7.92. The Morgan fingerprint density at radius 1 is 1.00 bits per heavy atom. The largest absolute Gasteiger partial charge is 0.384 e. The summed E-state index contributed by atoms with van der Waals surface area (Å²) in [7, 11) is -4.62. The Bertz CT molecular complexity index is 1550. The van der Waals surface area contributed by atoms with Gasteiger partial charge in [-0.3, -0.25) is 9.40 Å². The highest BCUT2D eigenvalue weighted by Gasteiger charge is 2.26. The van der Waals surface area contributed by atoms with E-state index < -0.39 is 38.1 Å². The van der Waals surface area contributed by atoms with Crippen LogP contribution >= 0.6 is 0 Å². The maximum absolute atomic E-state index is 15.8. The first-order valence-electron chi connectivity index (χ1n) is 11.3. The number of rotatable bonds is 6. The van der Waals surface area contributed by atoms with Gasteiger partial charge in [0.15, 0.2) is 5.82 Å². The lowest BCUT2D eigenvalue weighted by molar-refractivity contribution is 0.468. The first kappa shape index (κ1) is 23.9. The molecule has 0 bridgehead atoms. The number of nitrogens with two attached hydrogens (primary N) is 1. The summed E-state index contributed by atoms with van der Waals surface area (Å²) in [6.07, 6.45) is 7.40. The molecule has 36 heavy (non-hydrogen) atoms. The van der Waals surface area contributed by atoms with E-state index in [-0.39, 0.29) is 17.4 Å². The molecule has 1 fully saturated rings. The summed E-state index contributed by atoms with van der Waals surface area (Å²) in [5.41, 5.74) is 7.06. The molecule has 0 atom stereocenters. The molecule has 0 unspecified atom stereocenters. The van der Waals surface area contributed by atoms with Crippen LogP contribution in [0, 0.1) is 17.5 Å². The number of benzene rings is 2. The molecule has 0 spiro atoms. The van der Waals surface area contributed by atoms with Crippen molar-refractivity contribution in [3.8, 4) is 22.4 Å². The van der Waals surface area contributed by atoms with Crippen LogP contribution in [0.1, 0.15) is 31.7 Å². The van der Waals surface area contributed by atoms with Crippen molar-refractivity contribution in [1.29, 1.82) is 0 Å². The van der Waals surface area contributed by atoms with Crippen LogP contribution in [0.5, 0.6) is 0 Å². The van der Waals surface area contributed by atoms with Crippen LogP contribution in [0.3, 0.4) is 0 Å². The van der Waals surface area contributed by atoms with Gasteiger partial charge in [-0.15, -0.1) is 0 Å². The molecule has 1 aliphatic carbocycles. The molecule has 5 rings (SSSR count). The Morgan fingerprint density at radius 2 is 1.78 bits per heavy atom. The van der Waals surface area contributed by atoms with Gasteiger partial charge in [-0.1, -0.05) is 18.9 Å². The second-order valence-corrected chi connectivity index (χ2v) is 10.3. The fourth-order valence-electron chi connectivity index (χ4n) is 4.45. The van der Waals surface area contributed by atoms with Crippen LogP contribution in [0.25, 0.3) is 22.4 Å². The number of sulfonamides is 1. The molecule has 7 nitrogen and oxygen atoms in total. The van der Waals surface area contributed by atoms with Crippen LogP contribution in [-0.4, -0.2) is 23.2 Å². The van der Waals surface area contributed by atoms with Crippen molar-refractivity contribution in [1.82, 2.24) is 14.8 Å². The minimum Gasteiger partial charge on any atom is -0.384 e. The van der Waals surface area contributed by atoms with Gasteiger partial charge >= 0.3 is 0 Å². The van der Waals surface area contributed by atoms with Gasteiger partial charge < -0.3 is 5.73 Å². The van der Waals surface area contributed by atoms with Crippen LogP contribution in [0.15, 0.2) is 65.8 Å². The van der Waals surface area contributed by atoms with Crippen molar-refractivity contribution < 1.29 is 21.6 Å². The van der Waals surface area contributed by atoms with E-state index in [4.69, 9.17) is 5.73 Å².